The second kappa shape index (κ2) is 15.7. The molecule has 0 radical (unpaired) electrons. The van der Waals surface area contributed by atoms with Crippen LogP contribution < -0.4 is 0 Å². The van der Waals surface area contributed by atoms with Crippen LogP contribution in [0.25, 0.3) is 35.4 Å². The van der Waals surface area contributed by atoms with E-state index < -0.39 is 0 Å². The average molecular weight is 791 g/mol. The number of unbranched alkanes of at least 4 members (excludes halogenated alkanes) is 6. The molecule has 222 valence electrons. The van der Waals surface area contributed by atoms with Crippen molar-refractivity contribution in [1.29, 1.82) is 0 Å². The third-order valence-corrected chi connectivity index (χ3v) is 10.5. The number of hydrogen-bond acceptors (Lipinski definition) is 0. The lowest BCUT2D eigenvalue weighted by molar-refractivity contribution is 0.400. The molecule has 0 fully saturated rings. The van der Waals surface area contributed by atoms with Gasteiger partial charge >= 0.3 is 0 Å². The normalized spacial score (nSPS) is 13.6. The highest BCUT2D eigenvalue weighted by atomic mass is 127. The Bertz CT molecular complexity index is 1530. The van der Waals surface area contributed by atoms with Crippen LogP contribution in [0.4, 0.5) is 0 Å². The van der Waals surface area contributed by atoms with Gasteiger partial charge in [0, 0.05) is 12.6 Å². The second-order valence-electron chi connectivity index (χ2n) is 12.0. The van der Waals surface area contributed by atoms with Crippen molar-refractivity contribution >= 4 is 69.5 Å². The van der Waals surface area contributed by atoms with Crippen LogP contribution in [0.3, 0.4) is 0 Å². The summed E-state index contributed by atoms with van der Waals surface area (Å²) in [7, 11) is 0. The van der Waals surface area contributed by atoms with Gasteiger partial charge in [-0.1, -0.05) is 150 Å². The number of benzene rings is 4. The van der Waals surface area contributed by atoms with E-state index in [0.29, 0.717) is 0 Å². The zero-order valence-electron chi connectivity index (χ0n) is 25.7. The SMILES string of the molecule is CCCCCCC1(CCCCCC)c2ccccc2-c2c(/C=C/c3ccc(I)cc3)ccc(/C=C/c3ccc(I)cc3)c21. The molecule has 0 amide bonds. The Labute approximate surface area is 287 Å². The van der Waals surface area contributed by atoms with Gasteiger partial charge in [-0.3, -0.25) is 0 Å². The summed E-state index contributed by atoms with van der Waals surface area (Å²) in [5, 5.41) is 0. The van der Waals surface area contributed by atoms with Crippen LogP contribution in [0.2, 0.25) is 0 Å². The standard InChI is InChI=1S/C41H44I2/c1-3-5-7-11-29-41(30-12-8-6-4-2)38-14-10-9-13-37(38)39-33(21-15-31-17-25-35(42)26-18-31)23-24-34(40(39)41)22-16-32-19-27-36(43)28-20-32/h9-10,13-28H,3-8,11-12,29-30H2,1-2H3/b21-15+,22-16+. The maximum absolute atomic E-state index is 2.45. The van der Waals surface area contributed by atoms with Gasteiger partial charge in [-0.15, -0.1) is 0 Å². The maximum Gasteiger partial charge on any atom is 0.0221 e. The first-order valence-corrected chi connectivity index (χ1v) is 18.4. The Hall–Kier alpha value is -2.18. The smallest absolute Gasteiger partial charge is 0.0221 e. The molecule has 0 aliphatic heterocycles. The highest BCUT2D eigenvalue weighted by molar-refractivity contribution is 14.1. The molecular formula is C41H44I2. The van der Waals surface area contributed by atoms with E-state index in [0.717, 1.165) is 0 Å². The molecule has 5 rings (SSSR count). The molecule has 0 atom stereocenters. The van der Waals surface area contributed by atoms with Crippen molar-refractivity contribution in [1.82, 2.24) is 0 Å². The van der Waals surface area contributed by atoms with Gasteiger partial charge in [0.25, 0.3) is 0 Å². The van der Waals surface area contributed by atoms with Crippen LogP contribution in [0.1, 0.15) is 111 Å². The van der Waals surface area contributed by atoms with Crippen LogP contribution in [0.15, 0.2) is 84.9 Å². The predicted octanol–water partition coefficient (Wildman–Crippen LogP) is 13.4. The summed E-state index contributed by atoms with van der Waals surface area (Å²) in [5.74, 6) is 0. The summed E-state index contributed by atoms with van der Waals surface area (Å²) in [6.45, 7) is 4.64. The Morgan fingerprint density at radius 3 is 1.60 bits per heavy atom. The van der Waals surface area contributed by atoms with E-state index in [1.165, 1.54) is 105 Å². The van der Waals surface area contributed by atoms with Gasteiger partial charge in [0.15, 0.2) is 0 Å². The number of fused-ring (bicyclic) bond motifs is 3. The van der Waals surface area contributed by atoms with E-state index in [1.54, 1.807) is 11.1 Å². The minimum absolute atomic E-state index is 0.0475. The van der Waals surface area contributed by atoms with E-state index in [1.807, 2.05) is 0 Å². The second-order valence-corrected chi connectivity index (χ2v) is 14.5. The van der Waals surface area contributed by atoms with E-state index in [4.69, 9.17) is 0 Å². The topological polar surface area (TPSA) is 0 Å². The van der Waals surface area contributed by atoms with Crippen LogP contribution >= 0.6 is 45.2 Å². The summed E-state index contributed by atoms with van der Waals surface area (Å²) < 4.78 is 2.54. The minimum atomic E-state index is 0.0475. The fourth-order valence-electron chi connectivity index (χ4n) is 6.84. The highest BCUT2D eigenvalue weighted by Gasteiger charge is 2.44. The summed E-state index contributed by atoms with van der Waals surface area (Å²) >= 11 is 4.77. The summed E-state index contributed by atoms with van der Waals surface area (Å²) in [5.41, 5.74) is 11.3. The van der Waals surface area contributed by atoms with Gasteiger partial charge in [-0.2, -0.15) is 0 Å². The summed E-state index contributed by atoms with van der Waals surface area (Å²) in [6.07, 6.45) is 22.1. The molecule has 0 heterocycles. The molecule has 0 nitrogen and oxygen atoms in total. The van der Waals surface area contributed by atoms with E-state index >= 15 is 0 Å². The fraction of sp³-hybridized carbons (Fsp3) is 0.317. The molecule has 0 aromatic heterocycles. The van der Waals surface area contributed by atoms with Crippen molar-refractivity contribution in [3.05, 3.63) is 125 Å². The molecule has 0 unspecified atom stereocenters. The molecule has 4 aromatic carbocycles. The minimum Gasteiger partial charge on any atom is -0.0654 e. The van der Waals surface area contributed by atoms with Gasteiger partial charge in [0.05, 0.1) is 0 Å². The molecule has 0 saturated heterocycles. The van der Waals surface area contributed by atoms with Crippen molar-refractivity contribution in [3.8, 4) is 11.1 Å². The predicted molar refractivity (Wildman–Crippen MR) is 206 cm³/mol. The molecule has 0 spiro atoms. The molecule has 1 aliphatic carbocycles. The summed E-state index contributed by atoms with van der Waals surface area (Å²) in [4.78, 5) is 0. The Morgan fingerprint density at radius 1 is 0.535 bits per heavy atom. The average Bonchev–Trinajstić information content (AvgIpc) is 3.32. The first-order valence-electron chi connectivity index (χ1n) is 16.2. The molecule has 4 aromatic rings. The first-order chi connectivity index (χ1) is 21.1. The van der Waals surface area contributed by atoms with Crippen LogP contribution in [-0.4, -0.2) is 0 Å². The number of rotatable bonds is 14. The van der Waals surface area contributed by atoms with Gasteiger partial charge < -0.3 is 0 Å². The zero-order valence-corrected chi connectivity index (χ0v) is 30.0. The molecular weight excluding hydrogens is 746 g/mol. The lowest BCUT2D eigenvalue weighted by atomic mass is 9.69. The highest BCUT2D eigenvalue weighted by Crippen LogP contribution is 2.57. The maximum atomic E-state index is 2.45. The zero-order chi connectivity index (χ0) is 30.1. The molecule has 0 saturated carbocycles. The van der Waals surface area contributed by atoms with Gasteiger partial charge in [0.1, 0.15) is 0 Å². The van der Waals surface area contributed by atoms with Gasteiger partial charge in [0.2, 0.25) is 0 Å². The molecule has 1 aliphatic rings. The van der Waals surface area contributed by atoms with E-state index in [9.17, 15) is 0 Å². The third-order valence-electron chi connectivity index (χ3n) is 9.03. The number of hydrogen-bond donors (Lipinski definition) is 0. The van der Waals surface area contributed by atoms with Crippen LogP contribution in [-0.2, 0) is 5.41 Å². The van der Waals surface area contributed by atoms with E-state index in [-0.39, 0.29) is 5.41 Å². The third kappa shape index (κ3) is 7.73. The van der Waals surface area contributed by atoms with Crippen molar-refractivity contribution in [3.63, 3.8) is 0 Å². The Kier molecular flexibility index (Phi) is 11.8. The quantitative estimate of drug-likeness (QED) is 0.0678. The number of halogens is 2. The van der Waals surface area contributed by atoms with Crippen molar-refractivity contribution in [2.75, 3.05) is 0 Å². The monoisotopic (exact) mass is 790 g/mol. The van der Waals surface area contributed by atoms with Gasteiger partial charge in [-0.05, 0) is 127 Å². The molecule has 2 heteroatoms. The van der Waals surface area contributed by atoms with Crippen LogP contribution in [0, 0.1) is 7.14 Å². The summed E-state index contributed by atoms with van der Waals surface area (Å²) in [6, 6.07) is 31.8. The fourth-order valence-corrected chi connectivity index (χ4v) is 7.56. The molecule has 0 bridgehead atoms. The Morgan fingerprint density at radius 2 is 1.05 bits per heavy atom. The first kappa shape index (κ1) is 32.2. The van der Waals surface area contributed by atoms with Crippen molar-refractivity contribution in [2.24, 2.45) is 0 Å². The molecule has 0 N–H and O–H groups in total. The van der Waals surface area contributed by atoms with Crippen molar-refractivity contribution < 1.29 is 0 Å². The molecule has 43 heavy (non-hydrogen) atoms. The van der Waals surface area contributed by atoms with Crippen molar-refractivity contribution in [2.45, 2.75) is 83.5 Å². The Balaban J connectivity index is 1.68. The van der Waals surface area contributed by atoms with Crippen LogP contribution in [0.5, 0.6) is 0 Å². The van der Waals surface area contributed by atoms with E-state index in [2.05, 4.69) is 168 Å². The van der Waals surface area contributed by atoms with Gasteiger partial charge in [-0.25, -0.2) is 0 Å². The lowest BCUT2D eigenvalue weighted by Gasteiger charge is -2.34. The largest absolute Gasteiger partial charge is 0.0654 e. The lowest BCUT2D eigenvalue weighted by Crippen LogP contribution is -2.26.